The Morgan fingerprint density at radius 1 is 1.10 bits per heavy atom. The molecule has 0 fully saturated rings. The summed E-state index contributed by atoms with van der Waals surface area (Å²) in [5.41, 5.74) is 1.79. The number of nitrogens with one attached hydrogen (secondary N) is 1. The van der Waals surface area contributed by atoms with Gasteiger partial charge in [0.15, 0.2) is 11.5 Å². The highest BCUT2D eigenvalue weighted by Crippen LogP contribution is 2.33. The molecule has 0 amide bonds. The van der Waals surface area contributed by atoms with E-state index in [0.717, 1.165) is 5.69 Å². The van der Waals surface area contributed by atoms with Crippen molar-refractivity contribution in [2.75, 3.05) is 12.4 Å². The van der Waals surface area contributed by atoms with Crippen LogP contribution in [0.1, 0.15) is 28.4 Å². The SMILES string of the molecule is COc1ccc(C(CC(=O)c2ccccc2)Nc2ccc(Cl)cc2)cc1[N+](=O)[O-]. The molecule has 0 aliphatic carbocycles. The van der Waals surface area contributed by atoms with Gasteiger partial charge in [-0.15, -0.1) is 0 Å². The molecule has 0 radical (unpaired) electrons. The number of ketones is 1. The first-order valence-corrected chi connectivity index (χ1v) is 9.28. The molecule has 0 aliphatic heterocycles. The molecule has 0 spiro atoms. The number of benzene rings is 3. The van der Waals surface area contributed by atoms with Crippen molar-refractivity contribution in [1.29, 1.82) is 0 Å². The van der Waals surface area contributed by atoms with Crippen LogP contribution in [-0.4, -0.2) is 17.8 Å². The summed E-state index contributed by atoms with van der Waals surface area (Å²) >= 11 is 5.95. The van der Waals surface area contributed by atoms with E-state index in [1.807, 2.05) is 6.07 Å². The van der Waals surface area contributed by atoms with Gasteiger partial charge in [0.25, 0.3) is 0 Å². The second-order valence-electron chi connectivity index (χ2n) is 6.39. The quantitative estimate of drug-likeness (QED) is 0.293. The summed E-state index contributed by atoms with van der Waals surface area (Å²) in [5, 5.41) is 15.3. The molecule has 3 aromatic carbocycles. The normalized spacial score (nSPS) is 11.5. The summed E-state index contributed by atoms with van der Waals surface area (Å²) in [7, 11) is 1.38. The van der Waals surface area contributed by atoms with Gasteiger partial charge in [-0.3, -0.25) is 14.9 Å². The number of anilines is 1. The Morgan fingerprint density at radius 3 is 2.41 bits per heavy atom. The molecule has 0 heterocycles. The van der Waals surface area contributed by atoms with E-state index in [0.29, 0.717) is 16.1 Å². The van der Waals surface area contributed by atoms with Gasteiger partial charge in [-0.25, -0.2) is 0 Å². The van der Waals surface area contributed by atoms with Crippen LogP contribution in [0.5, 0.6) is 5.75 Å². The summed E-state index contributed by atoms with van der Waals surface area (Å²) < 4.78 is 5.08. The highest BCUT2D eigenvalue weighted by Gasteiger charge is 2.22. The number of carbonyl (C=O) groups is 1. The van der Waals surface area contributed by atoms with Crippen LogP contribution in [0.4, 0.5) is 11.4 Å². The van der Waals surface area contributed by atoms with E-state index in [-0.39, 0.29) is 23.6 Å². The predicted octanol–water partition coefficient (Wildman–Crippen LogP) is 5.68. The lowest BCUT2D eigenvalue weighted by molar-refractivity contribution is -0.385. The minimum Gasteiger partial charge on any atom is -0.490 e. The molecular formula is C22H19ClN2O4. The summed E-state index contributed by atoms with van der Waals surface area (Å²) in [4.78, 5) is 23.7. The highest BCUT2D eigenvalue weighted by molar-refractivity contribution is 6.30. The number of methoxy groups -OCH3 is 1. The van der Waals surface area contributed by atoms with E-state index in [1.165, 1.54) is 19.2 Å². The molecule has 0 aromatic heterocycles. The molecule has 1 unspecified atom stereocenters. The number of nitrogens with zero attached hydrogens (tertiary/aromatic N) is 1. The lowest BCUT2D eigenvalue weighted by Gasteiger charge is -2.20. The Kier molecular flexibility index (Phi) is 6.46. The first kappa shape index (κ1) is 20.4. The smallest absolute Gasteiger partial charge is 0.311 e. The van der Waals surface area contributed by atoms with E-state index in [2.05, 4.69) is 5.32 Å². The molecular weight excluding hydrogens is 392 g/mol. The van der Waals surface area contributed by atoms with Crippen molar-refractivity contribution < 1.29 is 14.5 Å². The third kappa shape index (κ3) is 5.12. The fourth-order valence-electron chi connectivity index (χ4n) is 2.99. The van der Waals surface area contributed by atoms with E-state index < -0.39 is 11.0 Å². The second kappa shape index (κ2) is 9.21. The van der Waals surface area contributed by atoms with Crippen molar-refractivity contribution in [3.05, 3.63) is 99.1 Å². The zero-order valence-corrected chi connectivity index (χ0v) is 16.4. The zero-order chi connectivity index (χ0) is 20.8. The van der Waals surface area contributed by atoms with Gasteiger partial charge in [-0.05, 0) is 35.9 Å². The number of rotatable bonds is 8. The zero-order valence-electron chi connectivity index (χ0n) is 15.7. The maximum Gasteiger partial charge on any atom is 0.311 e. The van der Waals surface area contributed by atoms with Crippen molar-refractivity contribution in [3.8, 4) is 5.75 Å². The first-order chi connectivity index (χ1) is 14.0. The Balaban J connectivity index is 1.95. The van der Waals surface area contributed by atoms with Gasteiger partial charge in [0.2, 0.25) is 0 Å². The minimum atomic E-state index is -0.499. The maximum absolute atomic E-state index is 12.8. The molecule has 1 N–H and O–H groups in total. The fourth-order valence-corrected chi connectivity index (χ4v) is 3.12. The highest BCUT2D eigenvalue weighted by atomic mass is 35.5. The minimum absolute atomic E-state index is 0.0736. The molecule has 148 valence electrons. The molecule has 0 bridgehead atoms. The van der Waals surface area contributed by atoms with Crippen molar-refractivity contribution in [1.82, 2.24) is 0 Å². The molecule has 6 nitrogen and oxygen atoms in total. The number of nitro groups is 1. The van der Waals surface area contributed by atoms with E-state index in [1.54, 1.807) is 54.6 Å². The van der Waals surface area contributed by atoms with Crippen LogP contribution in [-0.2, 0) is 0 Å². The van der Waals surface area contributed by atoms with E-state index >= 15 is 0 Å². The summed E-state index contributed by atoms with van der Waals surface area (Å²) in [5.74, 6) is 0.0916. The fraction of sp³-hybridized carbons (Fsp3) is 0.136. The molecule has 7 heteroatoms. The Morgan fingerprint density at radius 2 is 1.79 bits per heavy atom. The number of ether oxygens (including phenoxy) is 1. The molecule has 0 aliphatic rings. The number of carbonyl (C=O) groups excluding carboxylic acids is 1. The third-order valence-corrected chi connectivity index (χ3v) is 4.72. The van der Waals surface area contributed by atoms with Gasteiger partial charge < -0.3 is 10.1 Å². The van der Waals surface area contributed by atoms with Crippen LogP contribution in [0.3, 0.4) is 0 Å². The number of Topliss-reactive ketones (excluding diaryl/α,β-unsaturated/α-hetero) is 1. The first-order valence-electron chi connectivity index (χ1n) is 8.90. The Hall–Kier alpha value is -3.38. The number of halogens is 1. The van der Waals surface area contributed by atoms with Gasteiger partial charge >= 0.3 is 5.69 Å². The Bertz CT molecular complexity index is 1010. The lowest BCUT2D eigenvalue weighted by atomic mass is 9.97. The average molecular weight is 411 g/mol. The van der Waals surface area contributed by atoms with Crippen molar-refractivity contribution in [2.45, 2.75) is 12.5 Å². The molecule has 3 rings (SSSR count). The van der Waals surface area contributed by atoms with Crippen LogP contribution >= 0.6 is 11.6 Å². The number of nitro benzene ring substituents is 1. The van der Waals surface area contributed by atoms with Gasteiger partial charge in [0, 0.05) is 28.8 Å². The maximum atomic E-state index is 12.8. The van der Waals surface area contributed by atoms with Crippen molar-refractivity contribution in [3.63, 3.8) is 0 Å². The van der Waals surface area contributed by atoms with Crippen LogP contribution in [0.25, 0.3) is 0 Å². The largest absolute Gasteiger partial charge is 0.490 e. The monoisotopic (exact) mass is 410 g/mol. The topological polar surface area (TPSA) is 81.5 Å². The summed E-state index contributed by atoms with van der Waals surface area (Å²) in [6, 6.07) is 20.2. The van der Waals surface area contributed by atoms with Gasteiger partial charge in [0.05, 0.1) is 18.1 Å². The Labute approximate surface area is 173 Å². The third-order valence-electron chi connectivity index (χ3n) is 4.47. The predicted molar refractivity (Wildman–Crippen MR) is 113 cm³/mol. The van der Waals surface area contributed by atoms with E-state index in [4.69, 9.17) is 16.3 Å². The molecule has 1 atom stereocenters. The van der Waals surface area contributed by atoms with Gasteiger partial charge in [-0.2, -0.15) is 0 Å². The number of hydrogen-bond donors (Lipinski definition) is 1. The molecule has 0 saturated heterocycles. The van der Waals surface area contributed by atoms with Crippen molar-refractivity contribution in [2.24, 2.45) is 0 Å². The van der Waals surface area contributed by atoms with E-state index in [9.17, 15) is 14.9 Å². The van der Waals surface area contributed by atoms with Gasteiger partial charge in [-0.1, -0.05) is 48.0 Å². The summed E-state index contributed by atoms with van der Waals surface area (Å²) in [6.45, 7) is 0. The molecule has 0 saturated carbocycles. The second-order valence-corrected chi connectivity index (χ2v) is 6.82. The van der Waals surface area contributed by atoms with Crippen LogP contribution in [0, 0.1) is 10.1 Å². The molecule has 3 aromatic rings. The van der Waals surface area contributed by atoms with Gasteiger partial charge in [0.1, 0.15) is 0 Å². The van der Waals surface area contributed by atoms with Crippen LogP contribution < -0.4 is 10.1 Å². The van der Waals surface area contributed by atoms with Crippen molar-refractivity contribution >= 4 is 28.8 Å². The number of hydrogen-bond acceptors (Lipinski definition) is 5. The lowest BCUT2D eigenvalue weighted by Crippen LogP contribution is -2.16. The standard InChI is InChI=1S/C22H19ClN2O4/c1-29-22-12-7-16(13-20(22)25(27)28)19(24-18-10-8-17(23)9-11-18)14-21(26)15-5-3-2-4-6-15/h2-13,19,24H,14H2,1H3. The molecule has 29 heavy (non-hydrogen) atoms. The summed E-state index contributed by atoms with van der Waals surface area (Å²) in [6.07, 6.45) is 0.121. The average Bonchev–Trinajstić information content (AvgIpc) is 2.74. The van der Waals surface area contributed by atoms with Crippen LogP contribution in [0.2, 0.25) is 5.02 Å². The van der Waals surface area contributed by atoms with Crippen LogP contribution in [0.15, 0.2) is 72.8 Å².